The predicted octanol–water partition coefficient (Wildman–Crippen LogP) is 0.660. The number of thioether (sulfide) groups is 1. The summed E-state index contributed by atoms with van der Waals surface area (Å²) in [5.74, 6) is 0.594. The van der Waals surface area contributed by atoms with Gasteiger partial charge in [-0.1, -0.05) is 6.92 Å². The fraction of sp³-hybridized carbons (Fsp3) is 0.900. The first kappa shape index (κ1) is 12.8. The van der Waals surface area contributed by atoms with Crippen LogP contribution >= 0.6 is 11.8 Å². The van der Waals surface area contributed by atoms with E-state index in [1.165, 1.54) is 7.11 Å². The molecule has 1 unspecified atom stereocenters. The summed E-state index contributed by atoms with van der Waals surface area (Å²) in [6, 6.07) is -0.180. The van der Waals surface area contributed by atoms with E-state index in [2.05, 4.69) is 12.2 Å². The third kappa shape index (κ3) is 4.40. The highest BCUT2D eigenvalue weighted by Crippen LogP contribution is 2.19. The molecule has 15 heavy (non-hydrogen) atoms. The van der Waals surface area contributed by atoms with E-state index in [-0.39, 0.29) is 12.0 Å². The highest BCUT2D eigenvalue weighted by molar-refractivity contribution is 8.00. The summed E-state index contributed by atoms with van der Waals surface area (Å²) in [5, 5.41) is 3.74. The van der Waals surface area contributed by atoms with Gasteiger partial charge in [0.15, 0.2) is 0 Å². The van der Waals surface area contributed by atoms with E-state index in [4.69, 9.17) is 9.47 Å². The van der Waals surface area contributed by atoms with Crippen molar-refractivity contribution >= 4 is 17.7 Å². The van der Waals surface area contributed by atoms with Crippen molar-refractivity contribution in [2.45, 2.75) is 24.6 Å². The van der Waals surface area contributed by atoms with Crippen molar-refractivity contribution in [1.82, 2.24) is 5.32 Å². The molecule has 0 aliphatic carbocycles. The molecular formula is C10H19NO3S. The van der Waals surface area contributed by atoms with Crippen molar-refractivity contribution in [3.8, 4) is 0 Å². The second-order valence-corrected chi connectivity index (χ2v) is 4.86. The Bertz CT molecular complexity index is 197. The number of hydrogen-bond donors (Lipinski definition) is 1. The molecule has 1 atom stereocenters. The second-order valence-electron chi connectivity index (χ2n) is 3.52. The van der Waals surface area contributed by atoms with Crippen LogP contribution in [0.3, 0.4) is 0 Å². The molecule has 0 amide bonds. The Balaban J connectivity index is 2.23. The molecule has 0 aromatic carbocycles. The summed E-state index contributed by atoms with van der Waals surface area (Å²) in [7, 11) is 1.43. The number of carbonyl (C=O) groups excluding carboxylic acids is 1. The van der Waals surface area contributed by atoms with Crippen LogP contribution in [0.15, 0.2) is 0 Å². The first-order valence-electron chi connectivity index (χ1n) is 5.28. The molecule has 1 heterocycles. The van der Waals surface area contributed by atoms with Crippen molar-refractivity contribution in [3.63, 3.8) is 0 Å². The molecule has 0 radical (unpaired) electrons. The first-order valence-corrected chi connectivity index (χ1v) is 6.33. The zero-order valence-corrected chi connectivity index (χ0v) is 10.1. The van der Waals surface area contributed by atoms with Crippen LogP contribution < -0.4 is 5.32 Å². The zero-order valence-electron chi connectivity index (χ0n) is 9.32. The topological polar surface area (TPSA) is 47.6 Å². The Morgan fingerprint density at radius 3 is 2.87 bits per heavy atom. The van der Waals surface area contributed by atoms with Crippen LogP contribution in [0.2, 0.25) is 0 Å². The summed E-state index contributed by atoms with van der Waals surface area (Å²) in [6.45, 7) is 4.55. The minimum absolute atomic E-state index is 0.170. The number of ether oxygens (including phenoxy) is 2. The lowest BCUT2D eigenvalue weighted by atomic mass is 10.3. The quantitative estimate of drug-likeness (QED) is 0.655. The van der Waals surface area contributed by atoms with Crippen molar-refractivity contribution in [2.75, 3.05) is 32.6 Å². The molecule has 1 N–H and O–H groups in total. The third-order valence-electron chi connectivity index (χ3n) is 2.23. The molecular weight excluding hydrogens is 214 g/mol. The van der Waals surface area contributed by atoms with E-state index in [0.29, 0.717) is 5.25 Å². The van der Waals surface area contributed by atoms with Gasteiger partial charge in [-0.3, -0.25) is 4.79 Å². The van der Waals surface area contributed by atoms with E-state index in [0.717, 1.165) is 31.9 Å². The third-order valence-corrected chi connectivity index (χ3v) is 3.50. The molecule has 4 nitrogen and oxygen atoms in total. The molecule has 5 heteroatoms. The highest BCUT2D eigenvalue weighted by Gasteiger charge is 2.24. The number of esters is 1. The summed E-state index contributed by atoms with van der Waals surface area (Å²) in [5.41, 5.74) is 0. The molecule has 88 valence electrons. The Labute approximate surface area is 95.1 Å². The van der Waals surface area contributed by atoms with Gasteiger partial charge in [-0.15, -0.1) is 0 Å². The number of hydrogen-bond acceptors (Lipinski definition) is 5. The van der Waals surface area contributed by atoms with Crippen LogP contribution in [0.1, 0.15) is 13.3 Å². The molecule has 1 aliphatic heterocycles. The standard InChI is InChI=1S/C10H19NO3S/c1-3-4-11-9(10(12)13-2)7-15-8-5-14-6-8/h8-9,11H,3-7H2,1-2H3. The van der Waals surface area contributed by atoms with Gasteiger partial charge in [-0.2, -0.15) is 11.8 Å². The molecule has 1 rings (SSSR count). The molecule has 0 saturated carbocycles. The maximum atomic E-state index is 11.4. The Morgan fingerprint density at radius 1 is 1.67 bits per heavy atom. The largest absolute Gasteiger partial charge is 0.468 e. The lowest BCUT2D eigenvalue weighted by molar-refractivity contribution is -0.142. The van der Waals surface area contributed by atoms with Crippen molar-refractivity contribution in [3.05, 3.63) is 0 Å². The van der Waals surface area contributed by atoms with Gasteiger partial charge in [-0.05, 0) is 13.0 Å². The summed E-state index contributed by atoms with van der Waals surface area (Å²) in [4.78, 5) is 11.4. The van der Waals surface area contributed by atoms with Crippen LogP contribution in [0.5, 0.6) is 0 Å². The van der Waals surface area contributed by atoms with E-state index < -0.39 is 0 Å². The van der Waals surface area contributed by atoms with Crippen LogP contribution in [0.25, 0.3) is 0 Å². The SMILES string of the molecule is CCCNC(CSC1COC1)C(=O)OC. The van der Waals surface area contributed by atoms with E-state index in [1.54, 1.807) is 11.8 Å². The lowest BCUT2D eigenvalue weighted by Gasteiger charge is -2.26. The van der Waals surface area contributed by atoms with Gasteiger partial charge in [0.1, 0.15) is 6.04 Å². The Morgan fingerprint density at radius 2 is 2.40 bits per heavy atom. The molecule has 1 aliphatic rings. The first-order chi connectivity index (χ1) is 7.27. The molecule has 0 spiro atoms. The van der Waals surface area contributed by atoms with Gasteiger partial charge in [0, 0.05) is 5.75 Å². The minimum atomic E-state index is -0.180. The minimum Gasteiger partial charge on any atom is -0.468 e. The van der Waals surface area contributed by atoms with Crippen LogP contribution in [-0.2, 0) is 14.3 Å². The maximum absolute atomic E-state index is 11.4. The molecule has 1 saturated heterocycles. The number of methoxy groups -OCH3 is 1. The van der Waals surface area contributed by atoms with Crippen LogP contribution in [0, 0.1) is 0 Å². The lowest BCUT2D eigenvalue weighted by Crippen LogP contribution is -2.42. The predicted molar refractivity (Wildman–Crippen MR) is 61.2 cm³/mol. The Hall–Kier alpha value is -0.260. The second kappa shape index (κ2) is 7.09. The van der Waals surface area contributed by atoms with Crippen molar-refractivity contribution in [2.24, 2.45) is 0 Å². The fourth-order valence-electron chi connectivity index (χ4n) is 1.21. The zero-order chi connectivity index (χ0) is 11.1. The number of carbonyl (C=O) groups is 1. The maximum Gasteiger partial charge on any atom is 0.323 e. The van der Waals surface area contributed by atoms with Crippen molar-refractivity contribution in [1.29, 1.82) is 0 Å². The van der Waals surface area contributed by atoms with Gasteiger partial charge in [0.2, 0.25) is 0 Å². The van der Waals surface area contributed by atoms with Crippen LogP contribution in [0.4, 0.5) is 0 Å². The average Bonchev–Trinajstić information content (AvgIpc) is 2.19. The fourth-order valence-corrected chi connectivity index (χ4v) is 2.32. The Kier molecular flexibility index (Phi) is 6.05. The molecule has 0 aromatic rings. The number of nitrogens with one attached hydrogen (secondary N) is 1. The van der Waals surface area contributed by atoms with Gasteiger partial charge in [0.05, 0.1) is 25.6 Å². The number of rotatable bonds is 7. The van der Waals surface area contributed by atoms with Gasteiger partial charge in [0.25, 0.3) is 0 Å². The summed E-state index contributed by atoms with van der Waals surface area (Å²) < 4.78 is 9.83. The highest BCUT2D eigenvalue weighted by atomic mass is 32.2. The van der Waals surface area contributed by atoms with Gasteiger partial charge < -0.3 is 14.8 Å². The summed E-state index contributed by atoms with van der Waals surface area (Å²) >= 11 is 1.78. The average molecular weight is 233 g/mol. The normalized spacial score (nSPS) is 18.3. The molecule has 0 aromatic heterocycles. The molecule has 1 fully saturated rings. The van der Waals surface area contributed by atoms with E-state index >= 15 is 0 Å². The van der Waals surface area contributed by atoms with Gasteiger partial charge >= 0.3 is 5.97 Å². The van der Waals surface area contributed by atoms with Gasteiger partial charge in [-0.25, -0.2) is 0 Å². The monoisotopic (exact) mass is 233 g/mol. The van der Waals surface area contributed by atoms with Crippen LogP contribution in [-0.4, -0.2) is 49.9 Å². The van der Waals surface area contributed by atoms with Crippen molar-refractivity contribution < 1.29 is 14.3 Å². The van der Waals surface area contributed by atoms with E-state index in [1.807, 2.05) is 0 Å². The van der Waals surface area contributed by atoms with E-state index in [9.17, 15) is 4.79 Å². The summed E-state index contributed by atoms with van der Waals surface area (Å²) in [6.07, 6.45) is 1.02. The smallest absolute Gasteiger partial charge is 0.323 e. The molecule has 0 bridgehead atoms.